The minimum atomic E-state index is -3.02. The van der Waals surface area contributed by atoms with Crippen LogP contribution < -0.4 is 5.73 Å². The van der Waals surface area contributed by atoms with Crippen LogP contribution in [0.5, 0.6) is 0 Å². The van der Waals surface area contributed by atoms with Gasteiger partial charge in [0.15, 0.2) is 9.84 Å². The molecule has 1 atom stereocenters. The van der Waals surface area contributed by atoms with E-state index in [9.17, 15) is 22.8 Å². The summed E-state index contributed by atoms with van der Waals surface area (Å²) in [5.74, 6) is -2.51. The molecular formula is C10H16N2O6S2. The Morgan fingerprint density at radius 3 is 2.40 bits per heavy atom. The molecule has 114 valence electrons. The predicted molar refractivity (Wildman–Crippen MR) is 72.9 cm³/mol. The number of nitrogens with zero attached hydrogens (tertiary/aromatic N) is 1. The molecule has 0 saturated carbocycles. The summed E-state index contributed by atoms with van der Waals surface area (Å²) in [5, 5.41) is 8.50. The van der Waals surface area contributed by atoms with Crippen LogP contribution in [0, 0.1) is 0 Å². The molecule has 0 aromatic rings. The van der Waals surface area contributed by atoms with E-state index in [0.717, 1.165) is 16.7 Å². The van der Waals surface area contributed by atoms with Crippen LogP contribution in [0.3, 0.4) is 0 Å². The van der Waals surface area contributed by atoms with E-state index in [4.69, 9.17) is 10.8 Å². The van der Waals surface area contributed by atoms with Crippen molar-refractivity contribution in [2.24, 2.45) is 5.73 Å². The van der Waals surface area contributed by atoms with Crippen molar-refractivity contribution < 1.29 is 27.9 Å². The Kier molecular flexibility index (Phi) is 5.81. The third-order valence-electron chi connectivity index (χ3n) is 2.66. The number of rotatable bonds is 7. The second kappa shape index (κ2) is 6.93. The average molecular weight is 324 g/mol. The van der Waals surface area contributed by atoms with Crippen molar-refractivity contribution in [3.8, 4) is 0 Å². The number of carbonyl (C=O) groups is 3. The third-order valence-corrected chi connectivity index (χ3v) is 5.93. The number of primary amides is 1. The van der Waals surface area contributed by atoms with Gasteiger partial charge in [-0.2, -0.15) is 0 Å². The van der Waals surface area contributed by atoms with E-state index >= 15 is 0 Å². The predicted octanol–water partition coefficient (Wildman–Crippen LogP) is -1.69. The van der Waals surface area contributed by atoms with E-state index in [0.29, 0.717) is 6.42 Å². The summed E-state index contributed by atoms with van der Waals surface area (Å²) in [6.07, 6.45) is 0.481. The van der Waals surface area contributed by atoms with Crippen LogP contribution in [-0.4, -0.2) is 71.8 Å². The number of amides is 2. The molecule has 1 heterocycles. The number of aliphatic carboxylic acids is 1. The van der Waals surface area contributed by atoms with Gasteiger partial charge in [0.25, 0.3) is 0 Å². The van der Waals surface area contributed by atoms with Gasteiger partial charge < -0.3 is 15.7 Å². The third kappa shape index (κ3) is 5.78. The summed E-state index contributed by atoms with van der Waals surface area (Å²) >= 11 is 1.16. The number of carboxylic acid groups (broad SMARTS) is 1. The van der Waals surface area contributed by atoms with Crippen molar-refractivity contribution in [3.05, 3.63) is 0 Å². The largest absolute Gasteiger partial charge is 0.480 e. The summed E-state index contributed by atoms with van der Waals surface area (Å²) in [7, 11) is -3.02. The van der Waals surface area contributed by atoms with Crippen LogP contribution in [0.25, 0.3) is 0 Å². The number of carboxylic acids is 1. The zero-order chi connectivity index (χ0) is 15.3. The molecule has 0 aromatic carbocycles. The van der Waals surface area contributed by atoms with E-state index < -0.39 is 40.7 Å². The topological polar surface area (TPSA) is 135 Å². The van der Waals surface area contributed by atoms with Gasteiger partial charge in [0.2, 0.25) is 11.8 Å². The number of thioether (sulfide) groups is 1. The highest BCUT2D eigenvalue weighted by Gasteiger charge is 2.29. The lowest BCUT2D eigenvalue weighted by Crippen LogP contribution is -2.42. The number of hydrogen-bond acceptors (Lipinski definition) is 6. The standard InChI is InChI=1S/C10H16N2O6S2/c11-8(13)3-12(4-10(15)16)9(14)5-19-7-1-2-20(17,18)6-7/h7H,1-6H2,(H2,11,13)(H,15,16). The highest BCUT2D eigenvalue weighted by atomic mass is 32.2. The maximum atomic E-state index is 11.8. The van der Waals surface area contributed by atoms with E-state index in [1.165, 1.54) is 0 Å². The number of sulfone groups is 1. The van der Waals surface area contributed by atoms with Gasteiger partial charge in [0, 0.05) is 5.25 Å². The maximum absolute atomic E-state index is 11.8. The first-order chi connectivity index (χ1) is 9.19. The highest BCUT2D eigenvalue weighted by molar-refractivity contribution is 8.02. The fraction of sp³-hybridized carbons (Fsp3) is 0.700. The Balaban J connectivity index is 2.49. The number of carbonyl (C=O) groups excluding carboxylic acids is 2. The van der Waals surface area contributed by atoms with Crippen LogP contribution in [-0.2, 0) is 24.2 Å². The lowest BCUT2D eigenvalue weighted by Gasteiger charge is -2.19. The van der Waals surface area contributed by atoms with E-state index in [-0.39, 0.29) is 22.5 Å². The van der Waals surface area contributed by atoms with E-state index in [1.54, 1.807) is 0 Å². The molecule has 3 N–H and O–H groups in total. The molecule has 2 amide bonds. The Bertz CT molecular complexity index is 488. The maximum Gasteiger partial charge on any atom is 0.323 e. The molecular weight excluding hydrogens is 308 g/mol. The van der Waals surface area contributed by atoms with Crippen molar-refractivity contribution >= 4 is 39.4 Å². The first kappa shape index (κ1) is 16.8. The van der Waals surface area contributed by atoms with Crippen LogP contribution in [0.1, 0.15) is 6.42 Å². The van der Waals surface area contributed by atoms with Crippen molar-refractivity contribution in [3.63, 3.8) is 0 Å². The first-order valence-corrected chi connectivity index (χ1v) is 8.66. The normalized spacial score (nSPS) is 20.5. The second-order valence-corrected chi connectivity index (χ2v) is 7.96. The lowest BCUT2D eigenvalue weighted by molar-refractivity contribution is -0.144. The Morgan fingerprint density at radius 1 is 1.30 bits per heavy atom. The van der Waals surface area contributed by atoms with E-state index in [1.807, 2.05) is 0 Å². The molecule has 8 nitrogen and oxygen atoms in total. The van der Waals surface area contributed by atoms with Gasteiger partial charge in [-0.1, -0.05) is 0 Å². The van der Waals surface area contributed by atoms with Gasteiger partial charge >= 0.3 is 5.97 Å². The molecule has 0 bridgehead atoms. The van der Waals surface area contributed by atoms with Gasteiger partial charge in [-0.3, -0.25) is 14.4 Å². The quantitative estimate of drug-likeness (QED) is 0.570. The second-order valence-electron chi connectivity index (χ2n) is 4.45. The van der Waals surface area contributed by atoms with Gasteiger partial charge in [0.1, 0.15) is 6.54 Å². The smallest absolute Gasteiger partial charge is 0.323 e. The molecule has 1 fully saturated rings. The lowest BCUT2D eigenvalue weighted by atomic mass is 10.4. The summed E-state index contributed by atoms with van der Waals surface area (Å²) in [6, 6.07) is 0. The molecule has 0 radical (unpaired) electrons. The Morgan fingerprint density at radius 2 is 1.95 bits per heavy atom. The van der Waals surface area contributed by atoms with Gasteiger partial charge in [0.05, 0.1) is 23.8 Å². The van der Waals surface area contributed by atoms with Crippen molar-refractivity contribution in [1.82, 2.24) is 4.90 Å². The zero-order valence-corrected chi connectivity index (χ0v) is 12.3. The first-order valence-electron chi connectivity index (χ1n) is 5.79. The fourth-order valence-corrected chi connectivity index (χ4v) is 5.30. The molecule has 1 unspecified atom stereocenters. The van der Waals surface area contributed by atoms with Crippen LogP contribution in [0.15, 0.2) is 0 Å². The Labute approximate surface area is 120 Å². The van der Waals surface area contributed by atoms with Gasteiger partial charge in [-0.05, 0) is 6.42 Å². The summed E-state index contributed by atoms with van der Waals surface area (Å²) < 4.78 is 22.5. The average Bonchev–Trinajstić information content (AvgIpc) is 2.64. The minimum Gasteiger partial charge on any atom is -0.480 e. The molecule has 1 saturated heterocycles. The molecule has 10 heteroatoms. The van der Waals surface area contributed by atoms with Crippen LogP contribution >= 0.6 is 11.8 Å². The fourth-order valence-electron chi connectivity index (χ4n) is 1.76. The molecule has 1 aliphatic rings. The summed E-state index contributed by atoms with van der Waals surface area (Å²) in [4.78, 5) is 34.1. The highest BCUT2D eigenvalue weighted by Crippen LogP contribution is 2.24. The number of hydrogen-bond donors (Lipinski definition) is 2. The monoisotopic (exact) mass is 324 g/mol. The van der Waals surface area contributed by atoms with Crippen molar-refractivity contribution in [1.29, 1.82) is 0 Å². The van der Waals surface area contributed by atoms with Crippen molar-refractivity contribution in [2.75, 3.05) is 30.3 Å². The SMILES string of the molecule is NC(=O)CN(CC(=O)O)C(=O)CSC1CCS(=O)(=O)C1. The van der Waals surface area contributed by atoms with E-state index in [2.05, 4.69) is 0 Å². The molecule has 0 spiro atoms. The molecule has 1 rings (SSSR count). The van der Waals surface area contributed by atoms with Gasteiger partial charge in [-0.25, -0.2) is 8.42 Å². The summed E-state index contributed by atoms with van der Waals surface area (Å²) in [6.45, 7) is -1.07. The summed E-state index contributed by atoms with van der Waals surface area (Å²) in [5.41, 5.74) is 4.95. The van der Waals surface area contributed by atoms with Crippen LogP contribution in [0.2, 0.25) is 0 Å². The zero-order valence-electron chi connectivity index (χ0n) is 10.6. The van der Waals surface area contributed by atoms with Gasteiger partial charge in [-0.15, -0.1) is 11.8 Å². The Hall–Kier alpha value is -1.29. The minimum absolute atomic E-state index is 0.0275. The van der Waals surface area contributed by atoms with Crippen LogP contribution in [0.4, 0.5) is 0 Å². The molecule has 0 aliphatic carbocycles. The molecule has 20 heavy (non-hydrogen) atoms. The molecule has 1 aliphatic heterocycles. The molecule has 0 aromatic heterocycles. The number of nitrogens with two attached hydrogens (primary N) is 1. The van der Waals surface area contributed by atoms with Crippen molar-refractivity contribution in [2.45, 2.75) is 11.7 Å².